The molecule has 0 saturated carbocycles. The zero-order chi connectivity index (χ0) is 13.2. The summed E-state index contributed by atoms with van der Waals surface area (Å²) in [7, 11) is 0. The molecule has 0 amide bonds. The van der Waals surface area contributed by atoms with Crippen molar-refractivity contribution < 1.29 is 0 Å². The molecule has 0 spiro atoms. The first-order valence-corrected chi connectivity index (χ1v) is 5.48. The van der Waals surface area contributed by atoms with Crippen LogP contribution in [0.2, 0.25) is 0 Å². The van der Waals surface area contributed by atoms with E-state index in [2.05, 4.69) is 21.0 Å². The van der Waals surface area contributed by atoms with Crippen LogP contribution in [0.15, 0.2) is 30.7 Å². The summed E-state index contributed by atoms with van der Waals surface area (Å²) < 4.78 is 0. The van der Waals surface area contributed by atoms with E-state index in [9.17, 15) is 0 Å². The SMILES string of the molecule is CC(C)(C#N)c1ccc(-c2cnc(N)nc2)nc1. The van der Waals surface area contributed by atoms with Gasteiger partial charge in [-0.2, -0.15) is 5.26 Å². The topological polar surface area (TPSA) is 88.5 Å². The highest BCUT2D eigenvalue weighted by Crippen LogP contribution is 2.23. The van der Waals surface area contributed by atoms with Crippen LogP contribution in [0.4, 0.5) is 5.95 Å². The maximum Gasteiger partial charge on any atom is 0.219 e. The van der Waals surface area contributed by atoms with E-state index >= 15 is 0 Å². The summed E-state index contributed by atoms with van der Waals surface area (Å²) >= 11 is 0. The molecule has 2 N–H and O–H groups in total. The molecule has 5 heteroatoms. The highest BCUT2D eigenvalue weighted by atomic mass is 15.0. The molecule has 5 nitrogen and oxygen atoms in total. The molecule has 0 aliphatic carbocycles. The summed E-state index contributed by atoms with van der Waals surface area (Å²) in [5.74, 6) is 0.237. The number of hydrogen-bond acceptors (Lipinski definition) is 5. The summed E-state index contributed by atoms with van der Waals surface area (Å²) in [6.07, 6.45) is 4.95. The van der Waals surface area contributed by atoms with Crippen LogP contribution in [0.25, 0.3) is 11.3 Å². The number of hydrogen-bond donors (Lipinski definition) is 1. The van der Waals surface area contributed by atoms with Crippen LogP contribution in [-0.4, -0.2) is 15.0 Å². The molecule has 18 heavy (non-hydrogen) atoms. The molecule has 0 bridgehead atoms. The third kappa shape index (κ3) is 2.28. The van der Waals surface area contributed by atoms with E-state index in [1.807, 2.05) is 26.0 Å². The van der Waals surface area contributed by atoms with Gasteiger partial charge in [0.05, 0.1) is 17.2 Å². The number of nitrogens with two attached hydrogens (primary N) is 1. The van der Waals surface area contributed by atoms with E-state index in [1.165, 1.54) is 0 Å². The molecule has 0 aliphatic heterocycles. The third-order valence-corrected chi connectivity index (χ3v) is 2.73. The summed E-state index contributed by atoms with van der Waals surface area (Å²) in [6, 6.07) is 5.98. The van der Waals surface area contributed by atoms with Gasteiger partial charge in [-0.05, 0) is 25.5 Å². The second-order valence-electron chi connectivity index (χ2n) is 4.50. The van der Waals surface area contributed by atoms with Gasteiger partial charge in [0, 0.05) is 24.2 Å². The average molecular weight is 239 g/mol. The number of nitriles is 1. The Morgan fingerprint density at radius 1 is 1.11 bits per heavy atom. The van der Waals surface area contributed by atoms with Crippen molar-refractivity contribution >= 4 is 5.95 Å². The van der Waals surface area contributed by atoms with Gasteiger partial charge in [0.25, 0.3) is 0 Å². The Balaban J connectivity index is 2.34. The number of aromatic nitrogens is 3. The lowest BCUT2D eigenvalue weighted by Gasteiger charge is -2.15. The number of anilines is 1. The number of rotatable bonds is 2. The smallest absolute Gasteiger partial charge is 0.219 e. The standard InChI is InChI=1S/C13H13N5/c1-13(2,8-14)10-3-4-11(16-7-10)9-5-17-12(15)18-6-9/h3-7H,1-2H3,(H2,15,17,18). The Hall–Kier alpha value is -2.48. The Morgan fingerprint density at radius 3 is 2.28 bits per heavy atom. The zero-order valence-electron chi connectivity index (χ0n) is 10.3. The lowest BCUT2D eigenvalue weighted by Crippen LogP contribution is -2.13. The molecule has 2 aromatic rings. The van der Waals surface area contributed by atoms with Gasteiger partial charge in [0.1, 0.15) is 0 Å². The molecule has 2 aromatic heterocycles. The predicted molar refractivity (Wildman–Crippen MR) is 68.3 cm³/mol. The highest BCUT2D eigenvalue weighted by molar-refractivity contribution is 5.57. The van der Waals surface area contributed by atoms with Crippen molar-refractivity contribution in [2.24, 2.45) is 0 Å². The molecule has 0 unspecified atom stereocenters. The Kier molecular flexibility index (Phi) is 2.94. The van der Waals surface area contributed by atoms with Gasteiger partial charge in [0.2, 0.25) is 5.95 Å². The zero-order valence-corrected chi connectivity index (χ0v) is 10.3. The molecule has 0 aliphatic rings. The van der Waals surface area contributed by atoms with Crippen molar-refractivity contribution in [2.75, 3.05) is 5.73 Å². The van der Waals surface area contributed by atoms with Gasteiger partial charge < -0.3 is 5.73 Å². The van der Waals surface area contributed by atoms with Gasteiger partial charge in [-0.25, -0.2) is 9.97 Å². The lowest BCUT2D eigenvalue weighted by atomic mass is 9.87. The Labute approximate surface area is 105 Å². The second kappa shape index (κ2) is 4.41. The number of pyridine rings is 1. The summed E-state index contributed by atoms with van der Waals surface area (Å²) in [4.78, 5) is 12.2. The van der Waals surface area contributed by atoms with Crippen LogP contribution in [-0.2, 0) is 5.41 Å². The molecule has 0 fully saturated rings. The Bertz CT molecular complexity index is 578. The van der Waals surface area contributed by atoms with Crippen molar-refractivity contribution in [1.29, 1.82) is 5.26 Å². The normalized spacial score (nSPS) is 10.9. The van der Waals surface area contributed by atoms with Gasteiger partial charge >= 0.3 is 0 Å². The van der Waals surface area contributed by atoms with Crippen molar-refractivity contribution in [3.05, 3.63) is 36.3 Å². The fourth-order valence-electron chi connectivity index (χ4n) is 1.47. The first-order valence-electron chi connectivity index (χ1n) is 5.48. The largest absolute Gasteiger partial charge is 0.368 e. The first-order chi connectivity index (χ1) is 8.53. The van der Waals surface area contributed by atoms with Crippen LogP contribution >= 0.6 is 0 Å². The molecule has 0 radical (unpaired) electrons. The van der Waals surface area contributed by atoms with E-state index < -0.39 is 5.41 Å². The molecule has 90 valence electrons. The maximum atomic E-state index is 9.05. The van der Waals surface area contributed by atoms with Crippen LogP contribution in [0.5, 0.6) is 0 Å². The molecule has 0 atom stereocenters. The fourth-order valence-corrected chi connectivity index (χ4v) is 1.47. The summed E-state index contributed by atoms with van der Waals surface area (Å²) in [5, 5.41) is 9.05. The minimum Gasteiger partial charge on any atom is -0.368 e. The van der Waals surface area contributed by atoms with Gasteiger partial charge in [0.15, 0.2) is 0 Å². The van der Waals surface area contributed by atoms with E-state index in [4.69, 9.17) is 11.0 Å². The second-order valence-corrected chi connectivity index (χ2v) is 4.50. The van der Waals surface area contributed by atoms with Crippen molar-refractivity contribution in [2.45, 2.75) is 19.3 Å². The van der Waals surface area contributed by atoms with E-state index in [0.29, 0.717) is 0 Å². The molecule has 0 saturated heterocycles. The number of nitrogens with zero attached hydrogens (tertiary/aromatic N) is 4. The summed E-state index contributed by atoms with van der Waals surface area (Å²) in [6.45, 7) is 3.71. The first kappa shape index (κ1) is 12.0. The Morgan fingerprint density at radius 2 is 1.78 bits per heavy atom. The quantitative estimate of drug-likeness (QED) is 0.864. The molecule has 0 aromatic carbocycles. The fraction of sp³-hybridized carbons (Fsp3) is 0.231. The van der Waals surface area contributed by atoms with Crippen molar-refractivity contribution in [3.8, 4) is 17.3 Å². The number of nitrogen functional groups attached to an aromatic ring is 1. The van der Waals surface area contributed by atoms with Gasteiger partial charge in [-0.15, -0.1) is 0 Å². The highest BCUT2D eigenvalue weighted by Gasteiger charge is 2.19. The molecule has 2 rings (SSSR count). The minimum absolute atomic E-state index is 0.237. The monoisotopic (exact) mass is 239 g/mol. The summed E-state index contributed by atoms with van der Waals surface area (Å²) in [5.41, 5.74) is 7.32. The van der Waals surface area contributed by atoms with Crippen LogP contribution in [0.3, 0.4) is 0 Å². The van der Waals surface area contributed by atoms with Crippen LogP contribution in [0.1, 0.15) is 19.4 Å². The van der Waals surface area contributed by atoms with Gasteiger partial charge in [-0.3, -0.25) is 4.98 Å². The van der Waals surface area contributed by atoms with Gasteiger partial charge in [-0.1, -0.05) is 6.07 Å². The maximum absolute atomic E-state index is 9.05. The molecular formula is C13H13N5. The van der Waals surface area contributed by atoms with E-state index in [-0.39, 0.29) is 5.95 Å². The van der Waals surface area contributed by atoms with E-state index in [1.54, 1.807) is 18.6 Å². The van der Waals surface area contributed by atoms with Crippen molar-refractivity contribution in [3.63, 3.8) is 0 Å². The van der Waals surface area contributed by atoms with Crippen LogP contribution in [0, 0.1) is 11.3 Å². The molecular weight excluding hydrogens is 226 g/mol. The minimum atomic E-state index is -0.539. The molecule has 2 heterocycles. The average Bonchev–Trinajstić information content (AvgIpc) is 2.40. The third-order valence-electron chi connectivity index (χ3n) is 2.73. The predicted octanol–water partition coefficient (Wildman–Crippen LogP) is 1.92. The van der Waals surface area contributed by atoms with Crippen LogP contribution < -0.4 is 5.73 Å². The van der Waals surface area contributed by atoms with Crippen molar-refractivity contribution in [1.82, 2.24) is 15.0 Å². The van der Waals surface area contributed by atoms with E-state index in [0.717, 1.165) is 16.8 Å². The lowest BCUT2D eigenvalue weighted by molar-refractivity contribution is 0.683.